The highest BCUT2D eigenvalue weighted by molar-refractivity contribution is 7.90. The first-order valence-corrected chi connectivity index (χ1v) is 7.56. The van der Waals surface area contributed by atoms with Crippen LogP contribution in [-0.4, -0.2) is 19.8 Å². The molecule has 1 N–H and O–H groups in total. The van der Waals surface area contributed by atoms with Crippen molar-refractivity contribution in [2.24, 2.45) is 0 Å². The maximum Gasteiger partial charge on any atom is 0.175 e. The van der Waals surface area contributed by atoms with E-state index in [0.717, 1.165) is 6.26 Å². The lowest BCUT2D eigenvalue weighted by Gasteiger charge is -2.10. The van der Waals surface area contributed by atoms with Gasteiger partial charge in [-0.05, 0) is 24.3 Å². The largest absolute Gasteiger partial charge is 0.457 e. The van der Waals surface area contributed by atoms with Crippen LogP contribution in [0.3, 0.4) is 0 Å². The fourth-order valence-electron chi connectivity index (χ4n) is 1.63. The number of aliphatic hydroxyl groups is 1. The van der Waals surface area contributed by atoms with E-state index >= 15 is 0 Å². The smallest absolute Gasteiger partial charge is 0.175 e. The van der Waals surface area contributed by atoms with E-state index in [2.05, 4.69) is 0 Å². The van der Waals surface area contributed by atoms with Crippen LogP contribution in [0.1, 0.15) is 5.56 Å². The molecule has 0 saturated heterocycles. The quantitative estimate of drug-likeness (QED) is 0.932. The molecule has 0 fully saturated rings. The Morgan fingerprint density at radius 3 is 2.53 bits per heavy atom. The van der Waals surface area contributed by atoms with Gasteiger partial charge in [-0.3, -0.25) is 0 Å². The van der Waals surface area contributed by atoms with Crippen molar-refractivity contribution in [1.82, 2.24) is 0 Å². The lowest BCUT2D eigenvalue weighted by Crippen LogP contribution is -1.97. The third-order valence-electron chi connectivity index (χ3n) is 2.60. The van der Waals surface area contributed by atoms with Crippen LogP contribution < -0.4 is 4.74 Å². The molecule has 0 atom stereocenters. The Balaban J connectivity index is 2.34. The van der Waals surface area contributed by atoms with Gasteiger partial charge in [0.25, 0.3) is 0 Å². The fraction of sp³-hybridized carbons (Fsp3) is 0.143. The van der Waals surface area contributed by atoms with Crippen molar-refractivity contribution in [3.63, 3.8) is 0 Å². The summed E-state index contributed by atoms with van der Waals surface area (Å²) >= 11 is 0. The zero-order chi connectivity index (χ0) is 13.9. The van der Waals surface area contributed by atoms with Crippen molar-refractivity contribution < 1.29 is 18.3 Å². The van der Waals surface area contributed by atoms with E-state index in [-0.39, 0.29) is 11.5 Å². The molecule has 0 aliphatic rings. The second-order valence-corrected chi connectivity index (χ2v) is 6.13. The number of benzene rings is 2. The Hall–Kier alpha value is -1.85. The normalized spacial score (nSPS) is 11.3. The molecule has 0 aromatic heterocycles. The molecule has 0 aliphatic heterocycles. The number of sulfone groups is 1. The van der Waals surface area contributed by atoms with Crippen molar-refractivity contribution in [2.45, 2.75) is 11.5 Å². The molecule has 19 heavy (non-hydrogen) atoms. The standard InChI is InChI=1S/C14H14O4S/c1-19(16,17)13-7-4-6-12(9-13)18-14-8-3-2-5-11(14)10-15/h2-9,15H,10H2,1H3. The Kier molecular flexibility index (Phi) is 3.87. The van der Waals surface area contributed by atoms with Crippen molar-refractivity contribution in [3.8, 4) is 11.5 Å². The summed E-state index contributed by atoms with van der Waals surface area (Å²) in [6.45, 7) is -0.137. The van der Waals surface area contributed by atoms with E-state index in [9.17, 15) is 13.5 Å². The molecule has 0 unspecified atom stereocenters. The Morgan fingerprint density at radius 2 is 1.84 bits per heavy atom. The van der Waals surface area contributed by atoms with Crippen molar-refractivity contribution in [3.05, 3.63) is 54.1 Å². The van der Waals surface area contributed by atoms with Gasteiger partial charge in [-0.25, -0.2) is 8.42 Å². The van der Waals surface area contributed by atoms with E-state index < -0.39 is 9.84 Å². The van der Waals surface area contributed by atoms with Crippen LogP contribution in [0.15, 0.2) is 53.4 Å². The average Bonchev–Trinajstić information content (AvgIpc) is 2.39. The van der Waals surface area contributed by atoms with E-state index in [1.165, 1.54) is 12.1 Å². The Labute approximate surface area is 112 Å². The summed E-state index contributed by atoms with van der Waals surface area (Å²) < 4.78 is 28.5. The lowest BCUT2D eigenvalue weighted by molar-refractivity contribution is 0.276. The first-order valence-electron chi connectivity index (χ1n) is 5.67. The maximum atomic E-state index is 11.5. The molecule has 0 radical (unpaired) electrons. The first kappa shape index (κ1) is 13.6. The molecule has 2 rings (SSSR count). The van der Waals surface area contributed by atoms with Crippen molar-refractivity contribution in [2.75, 3.05) is 6.26 Å². The van der Waals surface area contributed by atoms with Gasteiger partial charge in [0.2, 0.25) is 0 Å². The third kappa shape index (κ3) is 3.33. The van der Waals surface area contributed by atoms with Gasteiger partial charge in [-0.2, -0.15) is 0 Å². The molecule has 0 spiro atoms. The van der Waals surface area contributed by atoms with E-state index in [1.807, 2.05) is 0 Å². The molecule has 0 heterocycles. The molecule has 100 valence electrons. The van der Waals surface area contributed by atoms with Gasteiger partial charge >= 0.3 is 0 Å². The highest BCUT2D eigenvalue weighted by Gasteiger charge is 2.09. The summed E-state index contributed by atoms with van der Waals surface area (Å²) in [6.07, 6.45) is 1.15. The predicted octanol–water partition coefficient (Wildman–Crippen LogP) is 2.37. The summed E-state index contributed by atoms with van der Waals surface area (Å²) in [7, 11) is -3.26. The maximum absolute atomic E-state index is 11.5. The molecule has 2 aromatic rings. The number of rotatable bonds is 4. The molecule has 0 amide bonds. The highest BCUT2D eigenvalue weighted by Crippen LogP contribution is 2.26. The van der Waals surface area contributed by atoms with E-state index in [1.54, 1.807) is 36.4 Å². The summed E-state index contributed by atoms with van der Waals surface area (Å²) in [5.74, 6) is 0.930. The first-order chi connectivity index (χ1) is 9.00. The number of para-hydroxylation sites is 1. The SMILES string of the molecule is CS(=O)(=O)c1cccc(Oc2ccccc2CO)c1. The minimum Gasteiger partial charge on any atom is -0.457 e. The van der Waals surface area contributed by atoms with Crippen LogP contribution in [0, 0.1) is 0 Å². The van der Waals surface area contributed by atoms with Crippen LogP contribution in [0.25, 0.3) is 0 Å². The Bertz CT molecular complexity index is 677. The molecule has 0 saturated carbocycles. The monoisotopic (exact) mass is 278 g/mol. The van der Waals surface area contributed by atoms with Crippen LogP contribution in [0.4, 0.5) is 0 Å². The Morgan fingerprint density at radius 1 is 1.11 bits per heavy atom. The minimum atomic E-state index is -3.26. The van der Waals surface area contributed by atoms with Gasteiger partial charge in [-0.15, -0.1) is 0 Å². The van der Waals surface area contributed by atoms with Crippen LogP contribution in [-0.2, 0) is 16.4 Å². The summed E-state index contributed by atoms with van der Waals surface area (Å²) in [5, 5.41) is 9.20. The number of hydrogen-bond donors (Lipinski definition) is 1. The zero-order valence-corrected chi connectivity index (χ0v) is 11.2. The van der Waals surface area contributed by atoms with Gasteiger partial charge in [-0.1, -0.05) is 24.3 Å². The van der Waals surface area contributed by atoms with E-state index in [0.29, 0.717) is 17.1 Å². The molecule has 4 nitrogen and oxygen atoms in total. The van der Waals surface area contributed by atoms with Gasteiger partial charge in [0, 0.05) is 11.8 Å². The molecule has 0 bridgehead atoms. The number of ether oxygens (including phenoxy) is 1. The topological polar surface area (TPSA) is 63.6 Å². The van der Waals surface area contributed by atoms with Crippen LogP contribution >= 0.6 is 0 Å². The van der Waals surface area contributed by atoms with Gasteiger partial charge in [0.05, 0.1) is 11.5 Å². The molecular formula is C14H14O4S. The second kappa shape index (κ2) is 5.42. The number of hydrogen-bond acceptors (Lipinski definition) is 4. The van der Waals surface area contributed by atoms with Crippen molar-refractivity contribution >= 4 is 9.84 Å². The predicted molar refractivity (Wildman–Crippen MR) is 72.0 cm³/mol. The highest BCUT2D eigenvalue weighted by atomic mass is 32.2. The summed E-state index contributed by atoms with van der Waals surface area (Å²) in [6, 6.07) is 13.3. The lowest BCUT2D eigenvalue weighted by atomic mass is 10.2. The average molecular weight is 278 g/mol. The molecular weight excluding hydrogens is 264 g/mol. The summed E-state index contributed by atoms with van der Waals surface area (Å²) in [4.78, 5) is 0.200. The molecule has 5 heteroatoms. The second-order valence-electron chi connectivity index (χ2n) is 4.11. The molecule has 2 aromatic carbocycles. The fourth-order valence-corrected chi connectivity index (χ4v) is 2.29. The van der Waals surface area contributed by atoms with Gasteiger partial charge in [0.15, 0.2) is 9.84 Å². The van der Waals surface area contributed by atoms with Crippen LogP contribution in [0.5, 0.6) is 11.5 Å². The van der Waals surface area contributed by atoms with E-state index in [4.69, 9.17) is 4.74 Å². The van der Waals surface area contributed by atoms with Crippen molar-refractivity contribution in [1.29, 1.82) is 0 Å². The summed E-state index contributed by atoms with van der Waals surface area (Å²) in [5.41, 5.74) is 0.646. The number of aliphatic hydroxyl groups excluding tert-OH is 1. The minimum absolute atomic E-state index is 0.137. The molecule has 0 aliphatic carbocycles. The van der Waals surface area contributed by atoms with Crippen LogP contribution in [0.2, 0.25) is 0 Å². The van der Waals surface area contributed by atoms with Gasteiger partial charge in [0.1, 0.15) is 11.5 Å². The van der Waals surface area contributed by atoms with Gasteiger partial charge < -0.3 is 9.84 Å². The third-order valence-corrected chi connectivity index (χ3v) is 3.71. The zero-order valence-electron chi connectivity index (χ0n) is 10.4.